The van der Waals surface area contributed by atoms with E-state index in [1.54, 1.807) is 14.2 Å². The van der Waals surface area contributed by atoms with Crippen LogP contribution in [-0.4, -0.2) is 77.2 Å². The van der Waals surface area contributed by atoms with Gasteiger partial charge in [0.15, 0.2) is 17.3 Å². The highest BCUT2D eigenvalue weighted by Crippen LogP contribution is 2.44. The van der Waals surface area contributed by atoms with Crippen molar-refractivity contribution in [3.63, 3.8) is 0 Å². The topological polar surface area (TPSA) is 125 Å². The summed E-state index contributed by atoms with van der Waals surface area (Å²) in [6.45, 7) is 2.48. The fourth-order valence-corrected chi connectivity index (χ4v) is 3.99. The third-order valence-electron chi connectivity index (χ3n) is 5.78. The van der Waals surface area contributed by atoms with Crippen LogP contribution < -0.4 is 24.8 Å². The van der Waals surface area contributed by atoms with E-state index in [0.29, 0.717) is 51.1 Å². The molecule has 3 aromatic rings. The van der Waals surface area contributed by atoms with Crippen molar-refractivity contribution in [2.24, 2.45) is 0 Å². The molecule has 3 N–H and O–H groups in total. The minimum atomic E-state index is -0.475. The van der Waals surface area contributed by atoms with E-state index < -0.39 is 6.09 Å². The summed E-state index contributed by atoms with van der Waals surface area (Å²) in [5.74, 6) is 2.89. The van der Waals surface area contributed by atoms with E-state index in [1.165, 1.54) is 7.11 Å². The molecule has 0 atom stereocenters. The molecule has 0 spiro atoms. The number of hydrogen-bond acceptors (Lipinski definition) is 9. The summed E-state index contributed by atoms with van der Waals surface area (Å²) in [7, 11) is 4.59. The first-order valence-electron chi connectivity index (χ1n) is 11.9. The van der Waals surface area contributed by atoms with Crippen molar-refractivity contribution in [3.05, 3.63) is 47.5 Å². The summed E-state index contributed by atoms with van der Waals surface area (Å²) in [6, 6.07) is 11.7. The van der Waals surface area contributed by atoms with Gasteiger partial charge in [-0.05, 0) is 29.8 Å². The second-order valence-corrected chi connectivity index (χ2v) is 8.11. The number of aromatic nitrogens is 2. The van der Waals surface area contributed by atoms with Crippen molar-refractivity contribution in [2.45, 2.75) is 6.42 Å². The lowest BCUT2D eigenvalue weighted by molar-refractivity contribution is 0.0372. The van der Waals surface area contributed by atoms with Crippen molar-refractivity contribution in [3.8, 4) is 28.5 Å². The fraction of sp³-hybridized carbons (Fsp3) is 0.385. The normalized spacial score (nSPS) is 11.4. The average molecular weight is 513 g/mol. The van der Waals surface area contributed by atoms with Gasteiger partial charge < -0.3 is 39.1 Å². The zero-order valence-corrected chi connectivity index (χ0v) is 21.2. The number of ether oxygens (including phenoxy) is 6. The predicted octanol–water partition coefficient (Wildman–Crippen LogP) is 3.51. The van der Waals surface area contributed by atoms with Crippen LogP contribution in [0.25, 0.3) is 11.3 Å². The number of nitrogens with zero attached hydrogens (tertiary/aromatic N) is 1. The second-order valence-electron chi connectivity index (χ2n) is 8.11. The summed E-state index contributed by atoms with van der Waals surface area (Å²) < 4.78 is 32.1. The van der Waals surface area contributed by atoms with Crippen molar-refractivity contribution < 1.29 is 33.2 Å². The number of anilines is 2. The zero-order valence-electron chi connectivity index (χ0n) is 21.2. The molecule has 0 fully saturated rings. The lowest BCUT2D eigenvalue weighted by atomic mass is 10.1. The maximum atomic E-state index is 10.9. The SMILES string of the molecule is COC(=O)NCCOCCOCCOc1cccc(Nc2n[nH]c3c2Cc2cc(OC)c(OC)cc2-3)c1. The van der Waals surface area contributed by atoms with Crippen LogP contribution in [0.3, 0.4) is 0 Å². The monoisotopic (exact) mass is 512 g/mol. The lowest BCUT2D eigenvalue weighted by Crippen LogP contribution is -2.27. The number of carbonyl (C=O) groups excluding carboxylic acids is 1. The maximum Gasteiger partial charge on any atom is 0.406 e. The molecule has 4 rings (SSSR count). The first-order valence-corrected chi connectivity index (χ1v) is 11.9. The molecular formula is C26H32N4O7. The number of carbonyl (C=O) groups is 1. The van der Waals surface area contributed by atoms with Gasteiger partial charge in [-0.15, -0.1) is 0 Å². The number of rotatable bonds is 14. The second kappa shape index (κ2) is 12.8. The molecule has 0 saturated carbocycles. The highest BCUT2D eigenvalue weighted by molar-refractivity contribution is 5.81. The largest absolute Gasteiger partial charge is 0.493 e. The van der Waals surface area contributed by atoms with Crippen LogP contribution in [0, 0.1) is 0 Å². The Kier molecular flexibility index (Phi) is 9.06. The number of alkyl carbamates (subject to hydrolysis) is 1. The molecule has 1 amide bonds. The van der Waals surface area contributed by atoms with Crippen molar-refractivity contribution in [1.29, 1.82) is 0 Å². The molecule has 198 valence electrons. The molecule has 1 heterocycles. The minimum absolute atomic E-state index is 0.387. The third kappa shape index (κ3) is 6.63. The van der Waals surface area contributed by atoms with Gasteiger partial charge in [0.05, 0.1) is 53.5 Å². The van der Waals surface area contributed by atoms with E-state index in [9.17, 15) is 4.79 Å². The first kappa shape index (κ1) is 26.1. The van der Waals surface area contributed by atoms with E-state index >= 15 is 0 Å². The van der Waals surface area contributed by atoms with Gasteiger partial charge in [0.2, 0.25) is 0 Å². The Morgan fingerprint density at radius 2 is 1.73 bits per heavy atom. The molecule has 1 aliphatic carbocycles. The number of aromatic amines is 1. The lowest BCUT2D eigenvalue weighted by Gasteiger charge is -2.10. The summed E-state index contributed by atoms with van der Waals surface area (Å²) >= 11 is 0. The average Bonchev–Trinajstić information content (AvgIpc) is 3.47. The van der Waals surface area contributed by atoms with Gasteiger partial charge in [0.25, 0.3) is 0 Å². The van der Waals surface area contributed by atoms with Gasteiger partial charge in [0, 0.05) is 35.8 Å². The number of amides is 1. The van der Waals surface area contributed by atoms with Gasteiger partial charge in [-0.1, -0.05) is 6.07 Å². The number of benzene rings is 2. The minimum Gasteiger partial charge on any atom is -0.493 e. The summed E-state index contributed by atoms with van der Waals surface area (Å²) in [6.07, 6.45) is 0.264. The maximum absolute atomic E-state index is 10.9. The quantitative estimate of drug-likeness (QED) is 0.218. The Labute approximate surface area is 215 Å². The fourth-order valence-electron chi connectivity index (χ4n) is 3.99. The van der Waals surface area contributed by atoms with Crippen molar-refractivity contribution in [1.82, 2.24) is 15.5 Å². The van der Waals surface area contributed by atoms with Gasteiger partial charge in [0.1, 0.15) is 12.4 Å². The predicted molar refractivity (Wildman–Crippen MR) is 137 cm³/mol. The van der Waals surface area contributed by atoms with Gasteiger partial charge in [-0.3, -0.25) is 5.10 Å². The Morgan fingerprint density at radius 3 is 2.51 bits per heavy atom. The van der Waals surface area contributed by atoms with Crippen LogP contribution in [-0.2, 0) is 20.6 Å². The number of H-pyrrole nitrogens is 1. The highest BCUT2D eigenvalue weighted by Gasteiger charge is 2.26. The number of hydrogen-bond donors (Lipinski definition) is 3. The molecule has 37 heavy (non-hydrogen) atoms. The molecule has 0 aliphatic heterocycles. The summed E-state index contributed by atoms with van der Waals surface area (Å²) in [5.41, 5.74) is 5.16. The zero-order chi connectivity index (χ0) is 26.0. The van der Waals surface area contributed by atoms with E-state index in [4.69, 9.17) is 23.7 Å². The summed E-state index contributed by atoms with van der Waals surface area (Å²) in [4.78, 5) is 10.9. The molecule has 0 saturated heterocycles. The van der Waals surface area contributed by atoms with E-state index in [2.05, 4.69) is 25.6 Å². The Balaban J connectivity index is 1.22. The molecule has 0 bridgehead atoms. The molecular weight excluding hydrogens is 480 g/mol. The van der Waals surface area contributed by atoms with Gasteiger partial charge in [-0.25, -0.2) is 4.79 Å². The molecule has 11 nitrogen and oxygen atoms in total. The van der Waals surface area contributed by atoms with Crippen LogP contribution in [0.5, 0.6) is 17.2 Å². The molecule has 0 radical (unpaired) electrons. The van der Waals surface area contributed by atoms with Crippen LogP contribution in [0.4, 0.5) is 16.3 Å². The smallest absolute Gasteiger partial charge is 0.406 e. The van der Waals surface area contributed by atoms with E-state index in [-0.39, 0.29) is 0 Å². The van der Waals surface area contributed by atoms with Crippen LogP contribution >= 0.6 is 0 Å². The number of nitrogens with one attached hydrogen (secondary N) is 3. The van der Waals surface area contributed by atoms with Gasteiger partial charge in [-0.2, -0.15) is 5.10 Å². The molecule has 0 unspecified atom stereocenters. The molecule has 1 aliphatic rings. The van der Waals surface area contributed by atoms with Crippen LogP contribution in [0.15, 0.2) is 36.4 Å². The first-order chi connectivity index (χ1) is 18.1. The molecule has 11 heteroatoms. The van der Waals surface area contributed by atoms with Gasteiger partial charge >= 0.3 is 6.09 Å². The number of fused-ring (bicyclic) bond motifs is 3. The molecule has 1 aromatic heterocycles. The highest BCUT2D eigenvalue weighted by atomic mass is 16.5. The van der Waals surface area contributed by atoms with Crippen LogP contribution in [0.2, 0.25) is 0 Å². The number of methoxy groups -OCH3 is 3. The molecule has 2 aromatic carbocycles. The Hall–Kier alpha value is -3.96. The van der Waals surface area contributed by atoms with Crippen molar-refractivity contribution in [2.75, 3.05) is 66.2 Å². The summed E-state index contributed by atoms with van der Waals surface area (Å²) in [5, 5.41) is 13.6. The van der Waals surface area contributed by atoms with Crippen molar-refractivity contribution >= 4 is 17.6 Å². The Bertz CT molecular complexity index is 1200. The van der Waals surface area contributed by atoms with E-state index in [0.717, 1.165) is 46.1 Å². The standard InChI is InChI=1S/C26H32N4O7/c1-32-22-14-17-13-21-24(20(17)16-23(22)33-2)29-30-25(21)28-18-5-4-6-19(15-18)37-12-11-36-10-9-35-8-7-27-26(31)34-3/h4-6,14-16H,7-13H2,1-3H3,(H,27,31)(H2,28,29,30). The Morgan fingerprint density at radius 1 is 0.973 bits per heavy atom. The van der Waals surface area contributed by atoms with Crippen LogP contribution in [0.1, 0.15) is 11.1 Å². The van der Waals surface area contributed by atoms with E-state index in [1.807, 2.05) is 36.4 Å². The third-order valence-corrected chi connectivity index (χ3v) is 5.78.